The monoisotopic (exact) mass is 363 g/mol. The van der Waals surface area contributed by atoms with E-state index < -0.39 is 0 Å². The van der Waals surface area contributed by atoms with Crippen LogP contribution in [0.2, 0.25) is 0 Å². The highest BCUT2D eigenvalue weighted by Gasteiger charge is 2.07. The highest BCUT2D eigenvalue weighted by Crippen LogP contribution is 2.07. The Morgan fingerprint density at radius 1 is 1.11 bits per heavy atom. The molecule has 0 radical (unpaired) electrons. The van der Waals surface area contributed by atoms with Gasteiger partial charge in [-0.3, -0.25) is 4.79 Å². The lowest BCUT2D eigenvalue weighted by molar-refractivity contribution is 0.0827. The van der Waals surface area contributed by atoms with Crippen LogP contribution in [0, 0.1) is 11.3 Å². The summed E-state index contributed by atoms with van der Waals surface area (Å²) >= 11 is 0. The van der Waals surface area contributed by atoms with E-state index in [2.05, 4.69) is 21.7 Å². The Bertz CT molecular complexity index is 834. The molecule has 0 heterocycles. The molecule has 2 aromatic carbocycles. The van der Waals surface area contributed by atoms with Gasteiger partial charge in [0.15, 0.2) is 5.96 Å². The number of nitrogens with one attached hydrogen (secondary N) is 2. The minimum absolute atomic E-state index is 0.0102. The molecule has 2 N–H and O–H groups in total. The Labute approximate surface area is 160 Å². The third-order valence-corrected chi connectivity index (χ3v) is 3.89. The molecule has 0 atom stereocenters. The molecule has 0 saturated heterocycles. The number of hydrogen-bond donors (Lipinski definition) is 2. The molecular formula is C21H25N5O. The van der Waals surface area contributed by atoms with Gasteiger partial charge in [0.1, 0.15) is 0 Å². The number of hydrogen-bond acceptors (Lipinski definition) is 3. The lowest BCUT2D eigenvalue weighted by Gasteiger charge is -2.13. The van der Waals surface area contributed by atoms with Crippen LogP contribution < -0.4 is 10.6 Å². The third-order valence-electron chi connectivity index (χ3n) is 3.89. The first-order chi connectivity index (χ1) is 13.0. The van der Waals surface area contributed by atoms with E-state index >= 15 is 0 Å². The van der Waals surface area contributed by atoms with Crippen LogP contribution in [0.1, 0.15) is 34.0 Å². The predicted molar refractivity (Wildman–Crippen MR) is 107 cm³/mol. The fourth-order valence-electron chi connectivity index (χ4n) is 2.46. The fourth-order valence-corrected chi connectivity index (χ4v) is 2.46. The Hall–Kier alpha value is -3.33. The minimum Gasteiger partial charge on any atom is -0.357 e. The second-order valence-corrected chi connectivity index (χ2v) is 6.26. The lowest BCUT2D eigenvalue weighted by atomic mass is 10.1. The molecule has 0 spiro atoms. The number of aliphatic imine (C=N–C) groups is 1. The van der Waals surface area contributed by atoms with Crippen LogP contribution >= 0.6 is 0 Å². The molecule has 0 aliphatic heterocycles. The van der Waals surface area contributed by atoms with Gasteiger partial charge in [-0.05, 0) is 42.3 Å². The summed E-state index contributed by atoms with van der Waals surface area (Å²) in [4.78, 5) is 18.1. The molecule has 0 unspecified atom stereocenters. The summed E-state index contributed by atoms with van der Waals surface area (Å²) in [5.41, 5.74) is 3.34. The van der Waals surface area contributed by atoms with Crippen molar-refractivity contribution in [3.05, 3.63) is 70.8 Å². The van der Waals surface area contributed by atoms with Gasteiger partial charge >= 0.3 is 0 Å². The maximum Gasteiger partial charge on any atom is 0.253 e. The number of nitrogens with zero attached hydrogens (tertiary/aromatic N) is 3. The summed E-state index contributed by atoms with van der Waals surface area (Å²) in [6.45, 7) is 3.84. The van der Waals surface area contributed by atoms with Crippen molar-refractivity contribution in [3.63, 3.8) is 0 Å². The van der Waals surface area contributed by atoms with Crippen LogP contribution in [0.4, 0.5) is 0 Å². The number of carbonyl (C=O) groups excluding carboxylic acids is 1. The van der Waals surface area contributed by atoms with E-state index in [0.717, 1.165) is 17.7 Å². The smallest absolute Gasteiger partial charge is 0.253 e. The number of benzene rings is 2. The summed E-state index contributed by atoms with van der Waals surface area (Å²) < 4.78 is 0. The van der Waals surface area contributed by atoms with Crippen molar-refractivity contribution in [2.24, 2.45) is 4.99 Å². The molecule has 0 aromatic heterocycles. The molecule has 2 rings (SSSR count). The van der Waals surface area contributed by atoms with Crippen molar-refractivity contribution in [3.8, 4) is 6.07 Å². The van der Waals surface area contributed by atoms with Crippen LogP contribution in [0.3, 0.4) is 0 Å². The van der Waals surface area contributed by atoms with Gasteiger partial charge in [-0.2, -0.15) is 5.26 Å². The number of carbonyl (C=O) groups is 1. The number of rotatable bonds is 6. The zero-order chi connectivity index (χ0) is 19.6. The maximum atomic E-state index is 11.9. The third kappa shape index (κ3) is 6.15. The van der Waals surface area contributed by atoms with E-state index in [-0.39, 0.29) is 5.91 Å². The standard InChI is InChI=1S/C21H25N5O/c1-4-23-21(25-15-18-7-5-6-17(12-18)13-22)24-14-16-8-10-19(11-9-16)20(27)26(2)3/h5-12H,4,14-15H2,1-3H3,(H2,23,24,25). The first-order valence-corrected chi connectivity index (χ1v) is 8.85. The molecule has 0 bridgehead atoms. The number of amides is 1. The molecule has 2 aromatic rings. The van der Waals surface area contributed by atoms with Crippen molar-refractivity contribution >= 4 is 11.9 Å². The normalized spacial score (nSPS) is 10.8. The van der Waals surface area contributed by atoms with Gasteiger partial charge in [-0.25, -0.2) is 4.99 Å². The van der Waals surface area contributed by atoms with Crippen molar-refractivity contribution in [2.45, 2.75) is 20.0 Å². The van der Waals surface area contributed by atoms with Gasteiger partial charge in [-0.15, -0.1) is 0 Å². The van der Waals surface area contributed by atoms with Gasteiger partial charge < -0.3 is 15.5 Å². The zero-order valence-corrected chi connectivity index (χ0v) is 16.0. The van der Waals surface area contributed by atoms with Gasteiger partial charge in [0.25, 0.3) is 5.91 Å². The average molecular weight is 363 g/mol. The van der Waals surface area contributed by atoms with Gasteiger partial charge in [0, 0.05) is 32.7 Å². The van der Waals surface area contributed by atoms with Crippen LogP contribution in [0.15, 0.2) is 53.5 Å². The SMILES string of the molecule is CCNC(=NCc1cccc(C#N)c1)NCc1ccc(C(=O)N(C)C)cc1. The predicted octanol–water partition coefficient (Wildman–Crippen LogP) is 2.52. The first-order valence-electron chi connectivity index (χ1n) is 8.85. The summed E-state index contributed by atoms with van der Waals surface area (Å²) in [5.74, 6) is 0.692. The molecule has 0 saturated carbocycles. The quantitative estimate of drug-likeness (QED) is 0.610. The van der Waals surface area contributed by atoms with Crippen LogP contribution in [0.25, 0.3) is 0 Å². The number of guanidine groups is 1. The van der Waals surface area contributed by atoms with E-state index in [0.29, 0.717) is 30.2 Å². The molecule has 0 aliphatic rings. The molecule has 0 fully saturated rings. The van der Waals surface area contributed by atoms with Crippen LogP contribution in [-0.4, -0.2) is 37.4 Å². The first kappa shape index (κ1) is 20.0. The summed E-state index contributed by atoms with van der Waals surface area (Å²) in [6, 6.07) is 17.1. The Kier molecular flexibility index (Phi) is 7.38. The second kappa shape index (κ2) is 9.97. The maximum absolute atomic E-state index is 11.9. The zero-order valence-electron chi connectivity index (χ0n) is 16.0. The second-order valence-electron chi connectivity index (χ2n) is 6.26. The fraction of sp³-hybridized carbons (Fsp3) is 0.286. The molecule has 0 aliphatic carbocycles. The van der Waals surface area contributed by atoms with Gasteiger partial charge in [-0.1, -0.05) is 24.3 Å². The Morgan fingerprint density at radius 2 is 1.85 bits per heavy atom. The topological polar surface area (TPSA) is 80.5 Å². The lowest BCUT2D eigenvalue weighted by Crippen LogP contribution is -2.36. The molecule has 6 nitrogen and oxygen atoms in total. The summed E-state index contributed by atoms with van der Waals surface area (Å²) in [5, 5.41) is 15.5. The summed E-state index contributed by atoms with van der Waals surface area (Å²) in [7, 11) is 3.48. The molecule has 27 heavy (non-hydrogen) atoms. The Balaban J connectivity index is 1.99. The van der Waals surface area contributed by atoms with Crippen molar-refractivity contribution in [2.75, 3.05) is 20.6 Å². The van der Waals surface area contributed by atoms with Gasteiger partial charge in [0.2, 0.25) is 0 Å². The highest BCUT2D eigenvalue weighted by atomic mass is 16.2. The van der Waals surface area contributed by atoms with E-state index in [1.165, 1.54) is 0 Å². The minimum atomic E-state index is -0.0102. The average Bonchev–Trinajstić information content (AvgIpc) is 2.70. The van der Waals surface area contributed by atoms with Crippen LogP contribution in [0.5, 0.6) is 0 Å². The van der Waals surface area contributed by atoms with E-state index in [9.17, 15) is 4.79 Å². The van der Waals surface area contributed by atoms with Crippen molar-refractivity contribution < 1.29 is 4.79 Å². The van der Waals surface area contributed by atoms with E-state index in [1.807, 2.05) is 49.4 Å². The largest absolute Gasteiger partial charge is 0.357 e. The molecule has 6 heteroatoms. The van der Waals surface area contributed by atoms with Gasteiger partial charge in [0.05, 0.1) is 18.2 Å². The highest BCUT2D eigenvalue weighted by molar-refractivity contribution is 5.93. The molecular weight excluding hydrogens is 338 g/mol. The number of nitriles is 1. The summed E-state index contributed by atoms with van der Waals surface area (Å²) in [6.07, 6.45) is 0. The van der Waals surface area contributed by atoms with E-state index in [1.54, 1.807) is 25.1 Å². The molecule has 140 valence electrons. The molecule has 1 amide bonds. The van der Waals surface area contributed by atoms with E-state index in [4.69, 9.17) is 5.26 Å². The van der Waals surface area contributed by atoms with Crippen LogP contribution in [-0.2, 0) is 13.1 Å². The van der Waals surface area contributed by atoms with Crippen molar-refractivity contribution in [1.82, 2.24) is 15.5 Å². The van der Waals surface area contributed by atoms with Crippen molar-refractivity contribution in [1.29, 1.82) is 5.26 Å². The Morgan fingerprint density at radius 3 is 2.48 bits per heavy atom.